The molecule has 1 aromatic heterocycles. The van der Waals surface area contributed by atoms with Crippen LogP contribution in [0.3, 0.4) is 0 Å². The Morgan fingerprint density at radius 1 is 0.913 bits per heavy atom. The van der Waals surface area contributed by atoms with Gasteiger partial charge in [0.05, 0.1) is 11.3 Å². The number of anilines is 4. The summed E-state index contributed by atoms with van der Waals surface area (Å²) in [6.45, 7) is 0. The molecule has 0 bridgehead atoms. The molecule has 0 aliphatic rings. The Hall–Kier alpha value is -3.10. The van der Waals surface area contributed by atoms with Gasteiger partial charge in [-0.3, -0.25) is 0 Å². The van der Waals surface area contributed by atoms with E-state index in [9.17, 15) is 0 Å². The van der Waals surface area contributed by atoms with Crippen molar-refractivity contribution in [2.24, 2.45) is 0 Å². The minimum atomic E-state index is 0.554. The minimum Gasteiger partial charge on any atom is -0.340 e. The van der Waals surface area contributed by atoms with E-state index < -0.39 is 0 Å². The van der Waals surface area contributed by atoms with Crippen molar-refractivity contribution in [3.8, 4) is 6.07 Å². The number of rotatable bonds is 4. The quantitative estimate of drug-likeness (QED) is 0.740. The number of halogens is 1. The molecule has 2 aromatic carbocycles. The first-order chi connectivity index (χ1) is 11.2. The average molecular weight is 322 g/mol. The second kappa shape index (κ2) is 6.77. The van der Waals surface area contributed by atoms with E-state index in [4.69, 9.17) is 16.9 Å². The van der Waals surface area contributed by atoms with Crippen molar-refractivity contribution >= 4 is 34.6 Å². The molecule has 6 heteroatoms. The topological polar surface area (TPSA) is 73.6 Å². The van der Waals surface area contributed by atoms with Gasteiger partial charge in [0.1, 0.15) is 24.0 Å². The van der Waals surface area contributed by atoms with E-state index in [1.54, 1.807) is 24.3 Å². The number of hydrogen-bond acceptors (Lipinski definition) is 5. The van der Waals surface area contributed by atoms with E-state index >= 15 is 0 Å². The molecule has 0 saturated heterocycles. The summed E-state index contributed by atoms with van der Waals surface area (Å²) in [6, 6.07) is 18.5. The second-order valence-electron chi connectivity index (χ2n) is 4.70. The fourth-order valence-electron chi connectivity index (χ4n) is 2.00. The highest BCUT2D eigenvalue weighted by Gasteiger charge is 2.04. The number of nitriles is 1. The van der Waals surface area contributed by atoms with Gasteiger partial charge in [-0.25, -0.2) is 9.97 Å². The summed E-state index contributed by atoms with van der Waals surface area (Å²) >= 11 is 5.87. The molecule has 0 saturated carbocycles. The van der Waals surface area contributed by atoms with E-state index in [-0.39, 0.29) is 0 Å². The fraction of sp³-hybridized carbons (Fsp3) is 0. The summed E-state index contributed by atoms with van der Waals surface area (Å²) in [5.74, 6) is 1.23. The third-order valence-corrected chi connectivity index (χ3v) is 3.35. The van der Waals surface area contributed by atoms with Crippen molar-refractivity contribution in [2.75, 3.05) is 10.6 Å². The summed E-state index contributed by atoms with van der Waals surface area (Å²) < 4.78 is 0. The molecule has 0 amide bonds. The highest BCUT2D eigenvalue weighted by molar-refractivity contribution is 6.30. The lowest BCUT2D eigenvalue weighted by Gasteiger charge is -2.09. The van der Waals surface area contributed by atoms with Crippen LogP contribution in [0.1, 0.15) is 5.56 Å². The van der Waals surface area contributed by atoms with Gasteiger partial charge in [0.15, 0.2) is 0 Å². The van der Waals surface area contributed by atoms with Crippen LogP contribution in [0.4, 0.5) is 23.0 Å². The maximum Gasteiger partial charge on any atom is 0.135 e. The van der Waals surface area contributed by atoms with Crippen LogP contribution in [0.2, 0.25) is 5.02 Å². The number of nitrogens with zero attached hydrogens (tertiary/aromatic N) is 3. The highest BCUT2D eigenvalue weighted by atomic mass is 35.5. The normalized spacial score (nSPS) is 9.91. The van der Waals surface area contributed by atoms with Gasteiger partial charge in [-0.15, -0.1) is 0 Å². The maximum atomic E-state index is 9.12. The van der Waals surface area contributed by atoms with Gasteiger partial charge in [-0.1, -0.05) is 23.7 Å². The molecule has 0 spiro atoms. The Morgan fingerprint density at radius 3 is 2.35 bits per heavy atom. The molecule has 2 N–H and O–H groups in total. The van der Waals surface area contributed by atoms with Crippen LogP contribution in [0.5, 0.6) is 0 Å². The number of para-hydroxylation sites is 1. The largest absolute Gasteiger partial charge is 0.340 e. The van der Waals surface area contributed by atoms with Crippen LogP contribution in [0.25, 0.3) is 0 Å². The van der Waals surface area contributed by atoms with Crippen molar-refractivity contribution in [3.63, 3.8) is 0 Å². The van der Waals surface area contributed by atoms with Crippen LogP contribution in [0, 0.1) is 11.3 Å². The minimum absolute atomic E-state index is 0.554. The molecular formula is C17H12ClN5. The van der Waals surface area contributed by atoms with Gasteiger partial charge in [0.2, 0.25) is 0 Å². The average Bonchev–Trinajstić information content (AvgIpc) is 2.58. The van der Waals surface area contributed by atoms with Crippen molar-refractivity contribution in [1.29, 1.82) is 5.26 Å². The lowest BCUT2D eigenvalue weighted by atomic mass is 10.2. The first-order valence-electron chi connectivity index (χ1n) is 6.85. The summed E-state index contributed by atoms with van der Waals surface area (Å²) in [4.78, 5) is 8.35. The first-order valence-corrected chi connectivity index (χ1v) is 7.23. The molecule has 0 radical (unpaired) electrons. The summed E-state index contributed by atoms with van der Waals surface area (Å²) in [5, 5.41) is 16.1. The zero-order chi connectivity index (χ0) is 16.1. The number of benzene rings is 2. The fourth-order valence-corrected chi connectivity index (χ4v) is 2.13. The molecule has 5 nitrogen and oxygen atoms in total. The third-order valence-electron chi connectivity index (χ3n) is 3.09. The lowest BCUT2D eigenvalue weighted by Crippen LogP contribution is -1.99. The first kappa shape index (κ1) is 14.8. The summed E-state index contributed by atoms with van der Waals surface area (Å²) in [7, 11) is 0. The van der Waals surface area contributed by atoms with E-state index in [1.807, 2.05) is 30.3 Å². The van der Waals surface area contributed by atoms with Crippen LogP contribution >= 0.6 is 11.6 Å². The molecule has 0 aliphatic carbocycles. The van der Waals surface area contributed by atoms with Gasteiger partial charge in [0, 0.05) is 16.8 Å². The lowest BCUT2D eigenvalue weighted by molar-refractivity contribution is 1.17. The molecule has 0 fully saturated rings. The molecule has 0 unspecified atom stereocenters. The molecule has 3 rings (SSSR count). The Balaban J connectivity index is 1.80. The molecule has 0 atom stereocenters. The van der Waals surface area contributed by atoms with Crippen LogP contribution < -0.4 is 10.6 Å². The Bertz CT molecular complexity index is 855. The molecule has 3 aromatic rings. The third kappa shape index (κ3) is 3.76. The number of aromatic nitrogens is 2. The Morgan fingerprint density at radius 2 is 1.61 bits per heavy atom. The van der Waals surface area contributed by atoms with Crippen molar-refractivity contribution in [1.82, 2.24) is 9.97 Å². The Labute approximate surface area is 138 Å². The van der Waals surface area contributed by atoms with Gasteiger partial charge in [-0.2, -0.15) is 5.26 Å². The van der Waals surface area contributed by atoms with E-state index in [1.165, 1.54) is 6.33 Å². The predicted molar refractivity (Wildman–Crippen MR) is 91.2 cm³/mol. The van der Waals surface area contributed by atoms with E-state index in [2.05, 4.69) is 26.7 Å². The van der Waals surface area contributed by atoms with E-state index in [0.29, 0.717) is 27.9 Å². The van der Waals surface area contributed by atoms with Crippen LogP contribution in [0.15, 0.2) is 60.9 Å². The van der Waals surface area contributed by atoms with Crippen molar-refractivity contribution in [3.05, 3.63) is 71.5 Å². The zero-order valence-electron chi connectivity index (χ0n) is 12.0. The predicted octanol–water partition coefficient (Wildman–Crippen LogP) is 4.49. The highest BCUT2D eigenvalue weighted by Crippen LogP contribution is 2.22. The number of nitrogens with one attached hydrogen (secondary N) is 2. The molecule has 112 valence electrons. The van der Waals surface area contributed by atoms with Crippen molar-refractivity contribution in [2.45, 2.75) is 0 Å². The maximum absolute atomic E-state index is 9.12. The Kier molecular flexibility index (Phi) is 4.37. The van der Waals surface area contributed by atoms with Crippen molar-refractivity contribution < 1.29 is 0 Å². The van der Waals surface area contributed by atoms with Crippen LogP contribution in [-0.2, 0) is 0 Å². The SMILES string of the molecule is N#Cc1ccccc1Nc1cc(Nc2ccc(Cl)cc2)ncn1. The molecule has 1 heterocycles. The molecule has 0 aliphatic heterocycles. The van der Waals surface area contributed by atoms with Gasteiger partial charge >= 0.3 is 0 Å². The van der Waals surface area contributed by atoms with Crippen LogP contribution in [-0.4, -0.2) is 9.97 Å². The monoisotopic (exact) mass is 321 g/mol. The summed E-state index contributed by atoms with van der Waals surface area (Å²) in [5.41, 5.74) is 2.13. The smallest absolute Gasteiger partial charge is 0.135 e. The molecule has 23 heavy (non-hydrogen) atoms. The van der Waals surface area contributed by atoms with Gasteiger partial charge < -0.3 is 10.6 Å². The summed E-state index contributed by atoms with van der Waals surface area (Å²) in [6.07, 6.45) is 1.45. The number of hydrogen-bond donors (Lipinski definition) is 2. The van der Waals surface area contributed by atoms with Gasteiger partial charge in [-0.05, 0) is 36.4 Å². The standard InChI is InChI=1S/C17H12ClN5/c18-13-5-7-14(8-6-13)22-16-9-17(21-11-20-16)23-15-4-2-1-3-12(15)10-19/h1-9,11H,(H2,20,21,22,23). The molecular weight excluding hydrogens is 310 g/mol. The second-order valence-corrected chi connectivity index (χ2v) is 5.14. The zero-order valence-corrected chi connectivity index (χ0v) is 12.7. The van der Waals surface area contributed by atoms with E-state index in [0.717, 1.165) is 5.69 Å². The van der Waals surface area contributed by atoms with Gasteiger partial charge in [0.25, 0.3) is 0 Å².